The zero-order chi connectivity index (χ0) is 16.4. The van der Waals surface area contributed by atoms with Crippen molar-refractivity contribution in [3.05, 3.63) is 70.8 Å². The van der Waals surface area contributed by atoms with Crippen molar-refractivity contribution >= 4 is 0 Å². The summed E-state index contributed by atoms with van der Waals surface area (Å²) in [5.41, 5.74) is 5.61. The monoisotopic (exact) mass is 321 g/mol. The van der Waals surface area contributed by atoms with Gasteiger partial charge in [0.05, 0.1) is 0 Å². The van der Waals surface area contributed by atoms with Gasteiger partial charge < -0.3 is 9.64 Å². The van der Waals surface area contributed by atoms with Crippen LogP contribution in [0.1, 0.15) is 47.6 Å². The number of aryl methyl sites for hydroxylation is 2. The van der Waals surface area contributed by atoms with Gasteiger partial charge in [0.1, 0.15) is 6.10 Å². The molecule has 2 aromatic carbocycles. The van der Waals surface area contributed by atoms with Gasteiger partial charge in [-0.05, 0) is 68.0 Å². The summed E-state index contributed by atoms with van der Waals surface area (Å²) >= 11 is 0. The first-order valence-electron chi connectivity index (χ1n) is 9.30. The van der Waals surface area contributed by atoms with Gasteiger partial charge in [-0.2, -0.15) is 0 Å². The Kier molecular flexibility index (Phi) is 4.68. The van der Waals surface area contributed by atoms with Gasteiger partial charge in [0.25, 0.3) is 0 Å². The summed E-state index contributed by atoms with van der Waals surface area (Å²) < 4.78 is 6.50. The SMILES string of the molecule is CN1CCCC1CCOC1c2ccccc2CCc2ccccc21. The lowest BCUT2D eigenvalue weighted by atomic mass is 9.97. The second-order valence-corrected chi connectivity index (χ2v) is 7.21. The van der Waals surface area contributed by atoms with E-state index in [1.807, 2.05) is 0 Å². The quantitative estimate of drug-likeness (QED) is 0.829. The third kappa shape index (κ3) is 3.13. The van der Waals surface area contributed by atoms with Crippen molar-refractivity contribution in [3.8, 4) is 0 Å². The topological polar surface area (TPSA) is 12.5 Å². The molecule has 2 heteroatoms. The first-order chi connectivity index (χ1) is 11.8. The number of fused-ring (bicyclic) bond motifs is 2. The predicted molar refractivity (Wildman–Crippen MR) is 98.4 cm³/mol. The highest BCUT2D eigenvalue weighted by molar-refractivity contribution is 5.43. The van der Waals surface area contributed by atoms with Crippen molar-refractivity contribution < 1.29 is 4.74 Å². The smallest absolute Gasteiger partial charge is 0.108 e. The number of nitrogens with zero attached hydrogens (tertiary/aromatic N) is 1. The minimum absolute atomic E-state index is 0.0895. The zero-order valence-electron chi connectivity index (χ0n) is 14.6. The van der Waals surface area contributed by atoms with Crippen LogP contribution in [0.2, 0.25) is 0 Å². The molecular formula is C22H27NO. The number of ether oxygens (including phenoxy) is 1. The van der Waals surface area contributed by atoms with Crippen LogP contribution in [0.4, 0.5) is 0 Å². The maximum absolute atomic E-state index is 6.50. The molecule has 0 bridgehead atoms. The van der Waals surface area contributed by atoms with Crippen molar-refractivity contribution in [2.24, 2.45) is 0 Å². The summed E-state index contributed by atoms with van der Waals surface area (Å²) in [6.45, 7) is 2.07. The lowest BCUT2D eigenvalue weighted by Crippen LogP contribution is -2.26. The van der Waals surface area contributed by atoms with Crippen molar-refractivity contribution in [1.29, 1.82) is 0 Å². The van der Waals surface area contributed by atoms with Crippen LogP contribution < -0.4 is 0 Å². The average Bonchev–Trinajstić information content (AvgIpc) is 2.95. The molecule has 1 unspecified atom stereocenters. The van der Waals surface area contributed by atoms with Crippen molar-refractivity contribution in [3.63, 3.8) is 0 Å². The molecule has 0 N–H and O–H groups in total. The van der Waals surface area contributed by atoms with Crippen LogP contribution in [-0.4, -0.2) is 31.1 Å². The molecule has 0 spiro atoms. The van der Waals surface area contributed by atoms with Crippen LogP contribution in [-0.2, 0) is 17.6 Å². The molecule has 1 aliphatic heterocycles. The van der Waals surface area contributed by atoms with E-state index in [0.29, 0.717) is 6.04 Å². The largest absolute Gasteiger partial charge is 0.369 e. The molecule has 2 nitrogen and oxygen atoms in total. The van der Waals surface area contributed by atoms with E-state index in [4.69, 9.17) is 4.74 Å². The Balaban J connectivity index is 1.56. The fourth-order valence-corrected chi connectivity index (χ4v) is 4.32. The Bertz CT molecular complexity index is 648. The van der Waals surface area contributed by atoms with Gasteiger partial charge in [-0.15, -0.1) is 0 Å². The van der Waals surface area contributed by atoms with E-state index in [2.05, 4.69) is 60.5 Å². The van der Waals surface area contributed by atoms with Crippen LogP contribution in [0, 0.1) is 0 Å². The molecular weight excluding hydrogens is 294 g/mol. The fourth-order valence-electron chi connectivity index (χ4n) is 4.32. The third-order valence-electron chi connectivity index (χ3n) is 5.75. The van der Waals surface area contributed by atoms with E-state index in [0.717, 1.165) is 25.9 Å². The van der Waals surface area contributed by atoms with Crippen molar-refractivity contribution in [1.82, 2.24) is 4.90 Å². The van der Waals surface area contributed by atoms with E-state index in [9.17, 15) is 0 Å². The van der Waals surface area contributed by atoms with E-state index >= 15 is 0 Å². The van der Waals surface area contributed by atoms with Crippen LogP contribution >= 0.6 is 0 Å². The third-order valence-corrected chi connectivity index (χ3v) is 5.75. The summed E-state index contributed by atoms with van der Waals surface area (Å²) in [6, 6.07) is 18.3. The summed E-state index contributed by atoms with van der Waals surface area (Å²) in [7, 11) is 2.24. The van der Waals surface area contributed by atoms with Gasteiger partial charge in [-0.3, -0.25) is 0 Å². The maximum Gasteiger partial charge on any atom is 0.108 e. The van der Waals surface area contributed by atoms with Gasteiger partial charge in [0, 0.05) is 12.6 Å². The fraction of sp³-hybridized carbons (Fsp3) is 0.455. The lowest BCUT2D eigenvalue weighted by Gasteiger charge is -2.24. The molecule has 4 rings (SSSR count). The van der Waals surface area contributed by atoms with Gasteiger partial charge in [-0.1, -0.05) is 48.5 Å². The Hall–Kier alpha value is -1.64. The number of hydrogen-bond acceptors (Lipinski definition) is 2. The molecule has 24 heavy (non-hydrogen) atoms. The molecule has 0 radical (unpaired) electrons. The summed E-state index contributed by atoms with van der Waals surface area (Å²) in [4.78, 5) is 2.48. The molecule has 1 heterocycles. The van der Waals surface area contributed by atoms with E-state index in [1.165, 1.54) is 41.6 Å². The minimum atomic E-state index is 0.0895. The first kappa shape index (κ1) is 15.9. The van der Waals surface area contributed by atoms with Crippen LogP contribution in [0.15, 0.2) is 48.5 Å². The zero-order valence-corrected chi connectivity index (χ0v) is 14.6. The normalized spacial score (nSPS) is 21.3. The van der Waals surface area contributed by atoms with E-state index < -0.39 is 0 Å². The van der Waals surface area contributed by atoms with Crippen LogP contribution in [0.3, 0.4) is 0 Å². The number of likely N-dealkylation sites (tertiary alicyclic amines) is 1. The lowest BCUT2D eigenvalue weighted by molar-refractivity contribution is 0.0657. The molecule has 126 valence electrons. The number of benzene rings is 2. The summed E-state index contributed by atoms with van der Waals surface area (Å²) in [5.74, 6) is 0. The molecule has 1 fully saturated rings. The molecule has 2 aromatic rings. The molecule has 0 saturated carbocycles. The van der Waals surface area contributed by atoms with Crippen molar-refractivity contribution in [2.45, 2.75) is 44.2 Å². The predicted octanol–water partition coefficient (Wildman–Crippen LogP) is 4.38. The van der Waals surface area contributed by atoms with Crippen LogP contribution in [0.5, 0.6) is 0 Å². The second-order valence-electron chi connectivity index (χ2n) is 7.21. The highest BCUT2D eigenvalue weighted by atomic mass is 16.5. The van der Waals surface area contributed by atoms with Gasteiger partial charge in [0.2, 0.25) is 0 Å². The molecule has 1 atom stereocenters. The van der Waals surface area contributed by atoms with Gasteiger partial charge >= 0.3 is 0 Å². The Labute approximate surface area is 145 Å². The van der Waals surface area contributed by atoms with E-state index in [1.54, 1.807) is 0 Å². The molecule has 1 aliphatic carbocycles. The maximum atomic E-state index is 6.50. The molecule has 1 saturated heterocycles. The van der Waals surface area contributed by atoms with Gasteiger partial charge in [-0.25, -0.2) is 0 Å². The Morgan fingerprint density at radius 3 is 2.17 bits per heavy atom. The molecule has 0 amide bonds. The summed E-state index contributed by atoms with van der Waals surface area (Å²) in [6.07, 6.45) is 6.09. The standard InChI is InChI=1S/C22H27NO/c1-23-15-6-9-19(23)14-16-24-22-20-10-4-2-7-17(20)12-13-18-8-3-5-11-21(18)22/h2-5,7-8,10-11,19,22H,6,9,12-16H2,1H3. The first-order valence-corrected chi connectivity index (χ1v) is 9.30. The number of hydrogen-bond donors (Lipinski definition) is 0. The van der Waals surface area contributed by atoms with E-state index in [-0.39, 0.29) is 6.10 Å². The second kappa shape index (κ2) is 7.08. The molecule has 2 aliphatic rings. The summed E-state index contributed by atoms with van der Waals surface area (Å²) in [5, 5.41) is 0. The minimum Gasteiger partial charge on any atom is -0.369 e. The molecule has 0 aromatic heterocycles. The number of rotatable bonds is 4. The average molecular weight is 321 g/mol. The Morgan fingerprint density at radius 2 is 1.58 bits per heavy atom. The highest BCUT2D eigenvalue weighted by Crippen LogP contribution is 2.35. The van der Waals surface area contributed by atoms with Gasteiger partial charge in [0.15, 0.2) is 0 Å². The highest BCUT2D eigenvalue weighted by Gasteiger charge is 2.25. The van der Waals surface area contributed by atoms with Crippen LogP contribution in [0.25, 0.3) is 0 Å². The van der Waals surface area contributed by atoms with Crippen molar-refractivity contribution in [2.75, 3.05) is 20.2 Å². The Morgan fingerprint density at radius 1 is 0.958 bits per heavy atom.